The van der Waals surface area contributed by atoms with E-state index < -0.39 is 11.9 Å². The van der Waals surface area contributed by atoms with Crippen LogP contribution >= 0.6 is 0 Å². The fraction of sp³-hybridized carbons (Fsp3) is 0.700. The number of carbonyl (C=O) groups excluding carboxylic acids is 2. The molecule has 1 aliphatic rings. The van der Waals surface area contributed by atoms with Crippen molar-refractivity contribution in [3.63, 3.8) is 0 Å². The molecular weight excluding hydrogens is 226 g/mol. The average Bonchev–Trinajstić information content (AvgIpc) is 2.35. The summed E-state index contributed by atoms with van der Waals surface area (Å²) in [7, 11) is 0. The maximum atomic E-state index is 11.6. The third-order valence-corrected chi connectivity index (χ3v) is 2.71. The Kier molecular flexibility index (Phi) is 4.89. The minimum atomic E-state index is -1.48. The number of hydrogen-bond acceptors (Lipinski definition) is 4. The molecule has 0 saturated carbocycles. The van der Waals surface area contributed by atoms with E-state index in [0.29, 0.717) is 32.5 Å². The van der Waals surface area contributed by atoms with Gasteiger partial charge in [-0.2, -0.15) is 0 Å². The number of carboxylic acids is 1. The maximum absolute atomic E-state index is 11.6. The van der Waals surface area contributed by atoms with Crippen LogP contribution in [0.5, 0.6) is 0 Å². The molecule has 4 N–H and O–H groups in total. The van der Waals surface area contributed by atoms with Crippen molar-refractivity contribution in [3.8, 4) is 0 Å². The van der Waals surface area contributed by atoms with Crippen molar-refractivity contribution in [3.05, 3.63) is 0 Å². The Morgan fingerprint density at radius 3 is 2.71 bits per heavy atom. The molecule has 0 radical (unpaired) electrons. The molecule has 7 nitrogen and oxygen atoms in total. The van der Waals surface area contributed by atoms with Crippen molar-refractivity contribution in [2.24, 2.45) is 11.7 Å². The number of amides is 2. The molecule has 0 bridgehead atoms. The van der Waals surface area contributed by atoms with Gasteiger partial charge < -0.3 is 21.1 Å². The van der Waals surface area contributed by atoms with Gasteiger partial charge in [0.1, 0.15) is 0 Å². The summed E-state index contributed by atoms with van der Waals surface area (Å²) >= 11 is 0. The second-order valence-electron chi connectivity index (χ2n) is 3.98. The topological polar surface area (TPSA) is 113 Å². The number of aliphatic carboxylic acids is 1. The van der Waals surface area contributed by atoms with Crippen molar-refractivity contribution >= 4 is 17.8 Å². The number of nitrogens with zero attached hydrogens (tertiary/aromatic N) is 1. The Morgan fingerprint density at radius 1 is 1.41 bits per heavy atom. The minimum absolute atomic E-state index is 0.168. The molecule has 1 aliphatic heterocycles. The van der Waals surface area contributed by atoms with Crippen LogP contribution in [0, 0.1) is 5.92 Å². The zero-order valence-corrected chi connectivity index (χ0v) is 9.52. The molecule has 1 saturated heterocycles. The van der Waals surface area contributed by atoms with Crippen LogP contribution in [0.4, 0.5) is 0 Å². The summed E-state index contributed by atoms with van der Waals surface area (Å²) in [5.74, 6) is -2.92. The smallest absolute Gasteiger partial charge is 0.394 e. The molecule has 1 fully saturated rings. The summed E-state index contributed by atoms with van der Waals surface area (Å²) in [4.78, 5) is 34.6. The Bertz CT molecular complexity index is 319. The largest absolute Gasteiger partial charge is 0.474 e. The van der Waals surface area contributed by atoms with Crippen LogP contribution in [0.1, 0.15) is 12.8 Å². The van der Waals surface area contributed by atoms with Crippen LogP contribution < -0.4 is 11.1 Å². The lowest BCUT2D eigenvalue weighted by molar-refractivity contribution is -0.157. The summed E-state index contributed by atoms with van der Waals surface area (Å²) in [6.07, 6.45) is 1.31. The van der Waals surface area contributed by atoms with Crippen LogP contribution in [-0.2, 0) is 14.4 Å². The summed E-state index contributed by atoms with van der Waals surface area (Å²) in [5, 5.41) is 11.2. The van der Waals surface area contributed by atoms with Gasteiger partial charge in [0.25, 0.3) is 0 Å². The second-order valence-corrected chi connectivity index (χ2v) is 3.98. The lowest BCUT2D eigenvalue weighted by Crippen LogP contribution is -2.48. The van der Waals surface area contributed by atoms with Gasteiger partial charge in [0.05, 0.1) is 5.92 Å². The highest BCUT2D eigenvalue weighted by molar-refractivity contribution is 6.31. The average molecular weight is 243 g/mol. The summed E-state index contributed by atoms with van der Waals surface area (Å²) in [6, 6.07) is 0. The zero-order valence-electron chi connectivity index (χ0n) is 9.52. The van der Waals surface area contributed by atoms with Crippen molar-refractivity contribution in [2.75, 3.05) is 26.2 Å². The highest BCUT2D eigenvalue weighted by Crippen LogP contribution is 2.16. The number of carboxylic acid groups (broad SMARTS) is 1. The molecule has 1 unspecified atom stereocenters. The van der Waals surface area contributed by atoms with Gasteiger partial charge in [0.15, 0.2) is 0 Å². The number of hydrogen-bond donors (Lipinski definition) is 3. The van der Waals surface area contributed by atoms with E-state index in [0.717, 1.165) is 0 Å². The third kappa shape index (κ3) is 3.70. The fourth-order valence-electron chi connectivity index (χ4n) is 1.85. The highest BCUT2D eigenvalue weighted by Gasteiger charge is 2.30. The van der Waals surface area contributed by atoms with E-state index in [1.54, 1.807) is 0 Å². The molecule has 1 rings (SSSR count). The number of carbonyl (C=O) groups is 3. The highest BCUT2D eigenvalue weighted by atomic mass is 16.4. The van der Waals surface area contributed by atoms with Gasteiger partial charge in [-0.25, -0.2) is 4.79 Å². The first-order valence-electron chi connectivity index (χ1n) is 5.56. The summed E-state index contributed by atoms with van der Waals surface area (Å²) in [5.41, 5.74) is 5.26. The van der Waals surface area contributed by atoms with Crippen LogP contribution in [0.15, 0.2) is 0 Å². The predicted octanol–water partition coefficient (Wildman–Crippen LogP) is -1.62. The number of nitrogens with one attached hydrogen (secondary N) is 1. The normalized spacial score (nSPS) is 19.8. The van der Waals surface area contributed by atoms with Crippen molar-refractivity contribution < 1.29 is 19.5 Å². The van der Waals surface area contributed by atoms with Gasteiger partial charge in [-0.3, -0.25) is 9.59 Å². The van der Waals surface area contributed by atoms with Gasteiger partial charge in [-0.15, -0.1) is 0 Å². The van der Waals surface area contributed by atoms with E-state index in [-0.39, 0.29) is 18.4 Å². The maximum Gasteiger partial charge on any atom is 0.394 e. The Morgan fingerprint density at radius 2 is 2.12 bits per heavy atom. The molecule has 0 spiro atoms. The van der Waals surface area contributed by atoms with Gasteiger partial charge in [-0.05, 0) is 12.8 Å². The number of likely N-dealkylation sites (tertiary alicyclic amines) is 1. The Labute approximate surface area is 98.9 Å². The summed E-state index contributed by atoms with van der Waals surface area (Å²) < 4.78 is 0. The molecule has 0 aliphatic carbocycles. The van der Waals surface area contributed by atoms with E-state index in [4.69, 9.17) is 10.8 Å². The van der Waals surface area contributed by atoms with Crippen molar-refractivity contribution in [2.45, 2.75) is 12.8 Å². The number of nitrogens with two attached hydrogens (primary N) is 1. The first-order chi connectivity index (χ1) is 8.06. The molecule has 0 aromatic carbocycles. The van der Waals surface area contributed by atoms with Gasteiger partial charge in [0.2, 0.25) is 5.91 Å². The van der Waals surface area contributed by atoms with Gasteiger partial charge in [0, 0.05) is 26.2 Å². The van der Waals surface area contributed by atoms with Gasteiger partial charge in [-0.1, -0.05) is 0 Å². The molecule has 0 aromatic rings. The first-order valence-corrected chi connectivity index (χ1v) is 5.56. The predicted molar refractivity (Wildman–Crippen MR) is 59.0 cm³/mol. The van der Waals surface area contributed by atoms with Crippen LogP contribution in [0.3, 0.4) is 0 Å². The monoisotopic (exact) mass is 243 g/mol. The molecule has 1 heterocycles. The van der Waals surface area contributed by atoms with E-state index in [1.807, 2.05) is 0 Å². The van der Waals surface area contributed by atoms with Crippen molar-refractivity contribution in [1.82, 2.24) is 10.2 Å². The SMILES string of the molecule is NCCNC(=O)C1CCCN(C(=O)C(=O)O)C1. The van der Waals surface area contributed by atoms with E-state index >= 15 is 0 Å². The first kappa shape index (κ1) is 13.4. The molecular formula is C10H17N3O4. The Balaban J connectivity index is 2.51. The van der Waals surface area contributed by atoms with Crippen LogP contribution in [-0.4, -0.2) is 54.0 Å². The van der Waals surface area contributed by atoms with Crippen molar-refractivity contribution in [1.29, 1.82) is 0 Å². The summed E-state index contributed by atoms with van der Waals surface area (Å²) in [6.45, 7) is 1.31. The molecule has 0 aromatic heterocycles. The van der Waals surface area contributed by atoms with E-state index in [2.05, 4.69) is 5.32 Å². The van der Waals surface area contributed by atoms with Crippen LogP contribution in [0.2, 0.25) is 0 Å². The van der Waals surface area contributed by atoms with E-state index in [9.17, 15) is 14.4 Å². The standard InChI is InChI=1S/C10H17N3O4/c11-3-4-12-8(14)7-2-1-5-13(6-7)9(15)10(16)17/h7H,1-6,11H2,(H,12,14)(H,16,17). The molecule has 17 heavy (non-hydrogen) atoms. The fourth-order valence-corrected chi connectivity index (χ4v) is 1.85. The number of rotatable bonds is 3. The molecule has 7 heteroatoms. The second kappa shape index (κ2) is 6.19. The Hall–Kier alpha value is -1.63. The third-order valence-electron chi connectivity index (χ3n) is 2.71. The lowest BCUT2D eigenvalue weighted by atomic mass is 9.97. The lowest BCUT2D eigenvalue weighted by Gasteiger charge is -2.30. The minimum Gasteiger partial charge on any atom is -0.474 e. The quantitative estimate of drug-likeness (QED) is 0.516. The van der Waals surface area contributed by atoms with Crippen LogP contribution in [0.25, 0.3) is 0 Å². The molecule has 96 valence electrons. The van der Waals surface area contributed by atoms with E-state index in [1.165, 1.54) is 4.90 Å². The molecule has 2 amide bonds. The molecule has 1 atom stereocenters. The van der Waals surface area contributed by atoms with Gasteiger partial charge >= 0.3 is 11.9 Å². The zero-order chi connectivity index (χ0) is 12.8. The number of piperidine rings is 1.